The van der Waals surface area contributed by atoms with Gasteiger partial charge >= 0.3 is 5.97 Å². The molecule has 0 bridgehead atoms. The van der Waals surface area contributed by atoms with E-state index in [-0.39, 0.29) is 17.9 Å². The zero-order valence-electron chi connectivity index (χ0n) is 16.0. The zero-order chi connectivity index (χ0) is 21.0. The molecule has 29 heavy (non-hydrogen) atoms. The number of benzene rings is 2. The molecule has 1 heterocycles. The Morgan fingerprint density at radius 2 is 1.86 bits per heavy atom. The van der Waals surface area contributed by atoms with Gasteiger partial charge in [0.1, 0.15) is 0 Å². The summed E-state index contributed by atoms with van der Waals surface area (Å²) in [6.45, 7) is 0. The van der Waals surface area contributed by atoms with E-state index < -0.39 is 21.7 Å². The number of ether oxygens (including phenoxy) is 1. The van der Waals surface area contributed by atoms with E-state index in [1.54, 1.807) is 54.1 Å². The molecule has 3 rings (SSSR count). The quantitative estimate of drug-likeness (QED) is 0.558. The second-order valence-corrected chi connectivity index (χ2v) is 9.64. The first-order valence-electron chi connectivity index (χ1n) is 8.79. The summed E-state index contributed by atoms with van der Waals surface area (Å²) in [5, 5.41) is 0. The highest BCUT2D eigenvalue weighted by Gasteiger charge is 2.15. The van der Waals surface area contributed by atoms with Crippen LogP contribution in [0.5, 0.6) is 0 Å². The van der Waals surface area contributed by atoms with Crippen molar-refractivity contribution in [3.8, 4) is 0 Å². The van der Waals surface area contributed by atoms with Crippen LogP contribution in [0.1, 0.15) is 22.3 Å². The molecule has 0 fully saturated rings. The van der Waals surface area contributed by atoms with E-state index in [0.717, 1.165) is 10.2 Å². The van der Waals surface area contributed by atoms with E-state index in [0.29, 0.717) is 15.9 Å². The molecule has 0 aliphatic carbocycles. The van der Waals surface area contributed by atoms with E-state index in [4.69, 9.17) is 4.74 Å². The van der Waals surface area contributed by atoms with Crippen LogP contribution in [0.3, 0.4) is 0 Å². The third-order valence-electron chi connectivity index (χ3n) is 4.31. The monoisotopic (exact) mass is 432 g/mol. The molecule has 1 amide bonds. The fraction of sp³-hybridized carbons (Fsp3) is 0.250. The first kappa shape index (κ1) is 20.9. The highest BCUT2D eigenvalue weighted by atomic mass is 32.2. The maximum Gasteiger partial charge on any atom is 0.337 e. The second kappa shape index (κ2) is 8.71. The molecule has 9 heteroatoms. The van der Waals surface area contributed by atoms with Gasteiger partial charge in [-0.15, -0.1) is 0 Å². The number of nitrogens with zero attached hydrogens (tertiary/aromatic N) is 2. The molecule has 0 saturated carbocycles. The van der Waals surface area contributed by atoms with E-state index in [9.17, 15) is 18.0 Å². The van der Waals surface area contributed by atoms with E-state index in [1.807, 2.05) is 6.07 Å². The molecular weight excluding hydrogens is 412 g/mol. The van der Waals surface area contributed by atoms with Gasteiger partial charge in [-0.1, -0.05) is 41.7 Å². The van der Waals surface area contributed by atoms with Crippen LogP contribution in [0.4, 0.5) is 0 Å². The van der Waals surface area contributed by atoms with Crippen LogP contribution in [0.15, 0.2) is 53.5 Å². The Morgan fingerprint density at radius 3 is 2.55 bits per heavy atom. The SMILES string of the molecule is COC(=O)c1ccc2c(c1)sc(=NC(=O)CCS(=O)(=O)Cc1ccccc1)n2C. The maximum absolute atomic E-state index is 12.3. The normalized spacial score (nSPS) is 12.3. The first-order valence-corrected chi connectivity index (χ1v) is 11.4. The molecule has 0 spiro atoms. The van der Waals surface area contributed by atoms with Gasteiger partial charge in [0.25, 0.3) is 0 Å². The van der Waals surface area contributed by atoms with Crippen molar-refractivity contribution < 1.29 is 22.7 Å². The number of methoxy groups -OCH3 is 1. The summed E-state index contributed by atoms with van der Waals surface area (Å²) in [6, 6.07) is 13.9. The topological polar surface area (TPSA) is 94.8 Å². The fourth-order valence-electron chi connectivity index (χ4n) is 2.79. The van der Waals surface area contributed by atoms with Crippen molar-refractivity contribution in [3.63, 3.8) is 0 Å². The summed E-state index contributed by atoms with van der Waals surface area (Å²) in [7, 11) is -0.340. The van der Waals surface area contributed by atoms with Crippen molar-refractivity contribution >= 4 is 43.3 Å². The molecule has 0 saturated heterocycles. The molecule has 2 aromatic carbocycles. The number of carbonyl (C=O) groups is 2. The van der Waals surface area contributed by atoms with Crippen molar-refractivity contribution in [3.05, 3.63) is 64.5 Å². The summed E-state index contributed by atoms with van der Waals surface area (Å²) in [6.07, 6.45) is -0.184. The average Bonchev–Trinajstić information content (AvgIpc) is 3.01. The van der Waals surface area contributed by atoms with Crippen LogP contribution in [0.25, 0.3) is 10.2 Å². The maximum atomic E-state index is 12.3. The smallest absolute Gasteiger partial charge is 0.337 e. The molecule has 0 aliphatic heterocycles. The molecule has 152 valence electrons. The van der Waals surface area contributed by atoms with Crippen molar-refractivity contribution in [2.75, 3.05) is 12.9 Å². The molecule has 1 aromatic heterocycles. The molecule has 7 nitrogen and oxygen atoms in total. The summed E-state index contributed by atoms with van der Waals surface area (Å²) in [5.41, 5.74) is 1.91. The van der Waals surface area contributed by atoms with Gasteiger partial charge in [0, 0.05) is 13.5 Å². The zero-order valence-corrected chi connectivity index (χ0v) is 17.6. The Balaban J connectivity index is 1.75. The average molecular weight is 433 g/mol. The Labute approximate surface area is 172 Å². The first-order chi connectivity index (χ1) is 13.8. The van der Waals surface area contributed by atoms with Gasteiger partial charge in [0.05, 0.1) is 34.4 Å². The van der Waals surface area contributed by atoms with E-state index >= 15 is 0 Å². The highest BCUT2D eigenvalue weighted by molar-refractivity contribution is 7.90. The van der Waals surface area contributed by atoms with Crippen LogP contribution in [0.2, 0.25) is 0 Å². The van der Waals surface area contributed by atoms with Crippen LogP contribution in [-0.4, -0.2) is 37.7 Å². The van der Waals surface area contributed by atoms with Crippen molar-refractivity contribution in [2.45, 2.75) is 12.2 Å². The van der Waals surface area contributed by atoms with Crippen LogP contribution in [-0.2, 0) is 32.2 Å². The molecule has 0 unspecified atom stereocenters. The number of rotatable bonds is 6. The van der Waals surface area contributed by atoms with Crippen molar-refractivity contribution in [2.24, 2.45) is 12.0 Å². The van der Waals surface area contributed by atoms with Gasteiger partial charge in [0.2, 0.25) is 5.91 Å². The third kappa shape index (κ3) is 5.18. The number of aryl methyl sites for hydroxylation is 1. The van der Waals surface area contributed by atoms with Gasteiger partial charge in [-0.25, -0.2) is 13.2 Å². The van der Waals surface area contributed by atoms with Gasteiger partial charge in [0.15, 0.2) is 14.6 Å². The number of thiazole rings is 1. The van der Waals surface area contributed by atoms with E-state index in [2.05, 4.69) is 4.99 Å². The van der Waals surface area contributed by atoms with E-state index in [1.165, 1.54) is 18.4 Å². The Hall–Kier alpha value is -2.78. The number of hydrogen-bond donors (Lipinski definition) is 0. The number of aromatic nitrogens is 1. The van der Waals surface area contributed by atoms with Gasteiger partial charge in [-0.2, -0.15) is 4.99 Å². The fourth-order valence-corrected chi connectivity index (χ4v) is 5.20. The van der Waals surface area contributed by atoms with Crippen LogP contribution >= 0.6 is 11.3 Å². The lowest BCUT2D eigenvalue weighted by Gasteiger charge is -2.03. The van der Waals surface area contributed by atoms with Crippen LogP contribution in [0, 0.1) is 0 Å². The lowest BCUT2D eigenvalue weighted by atomic mass is 10.2. The molecular formula is C20H20N2O5S2. The number of hydrogen-bond acceptors (Lipinski definition) is 6. The predicted octanol–water partition coefficient (Wildman–Crippen LogP) is 2.46. The molecule has 0 N–H and O–H groups in total. The lowest BCUT2D eigenvalue weighted by Crippen LogP contribution is -2.16. The Morgan fingerprint density at radius 1 is 1.14 bits per heavy atom. The number of fused-ring (bicyclic) bond motifs is 1. The number of carbonyl (C=O) groups excluding carboxylic acids is 2. The minimum Gasteiger partial charge on any atom is -0.465 e. The Kier molecular flexibility index (Phi) is 6.29. The minimum atomic E-state index is -3.41. The largest absolute Gasteiger partial charge is 0.465 e. The number of sulfone groups is 1. The standard InChI is InChI=1S/C20H20N2O5S2/c1-22-16-9-8-15(19(24)27-2)12-17(16)28-20(22)21-18(23)10-11-29(25,26)13-14-6-4-3-5-7-14/h3-9,12H,10-11,13H2,1-2H3. The molecule has 3 aromatic rings. The molecule has 0 radical (unpaired) electrons. The third-order valence-corrected chi connectivity index (χ3v) is 7.00. The van der Waals surface area contributed by atoms with Gasteiger partial charge in [-0.05, 0) is 23.8 Å². The van der Waals surface area contributed by atoms with Crippen molar-refractivity contribution in [1.29, 1.82) is 0 Å². The van der Waals surface area contributed by atoms with Gasteiger partial charge < -0.3 is 9.30 Å². The summed E-state index contributed by atoms with van der Waals surface area (Å²) >= 11 is 1.25. The Bertz CT molecular complexity index is 1220. The highest BCUT2D eigenvalue weighted by Crippen LogP contribution is 2.19. The number of esters is 1. The van der Waals surface area contributed by atoms with Crippen molar-refractivity contribution in [1.82, 2.24) is 4.57 Å². The number of amides is 1. The summed E-state index contributed by atoms with van der Waals surface area (Å²) in [5.74, 6) is -1.31. The predicted molar refractivity (Wildman–Crippen MR) is 111 cm³/mol. The summed E-state index contributed by atoms with van der Waals surface area (Å²) in [4.78, 5) is 28.4. The minimum absolute atomic E-state index is 0.103. The van der Waals surface area contributed by atoms with Crippen LogP contribution < -0.4 is 4.80 Å². The lowest BCUT2D eigenvalue weighted by molar-refractivity contribution is -0.117. The summed E-state index contributed by atoms with van der Waals surface area (Å²) < 4.78 is 31.7. The molecule has 0 aliphatic rings. The second-order valence-electron chi connectivity index (χ2n) is 6.45. The van der Waals surface area contributed by atoms with Gasteiger partial charge in [-0.3, -0.25) is 4.79 Å². The molecule has 0 atom stereocenters.